The summed E-state index contributed by atoms with van der Waals surface area (Å²) >= 11 is 6.26. The van der Waals surface area contributed by atoms with E-state index in [-0.39, 0.29) is 36.2 Å². The highest BCUT2D eigenvalue weighted by molar-refractivity contribution is 6.33. The fourth-order valence-electron chi connectivity index (χ4n) is 5.08. The van der Waals surface area contributed by atoms with E-state index in [1.54, 1.807) is 54.3 Å². The number of amides is 3. The lowest BCUT2D eigenvalue weighted by atomic mass is 9.93. The standard InChI is InChI=1S/C28H32ClFN4O4/c1-4-33-23(17-32-14-15-34(18(3)16-32)26(35)19-10-6-8-12-21(19)29)24(27(36)38-5-2)25(31-28(33)37)20-11-7-9-13-22(20)30/h6-13,18,25H,4-5,14-17H2,1-3H3,(H,31,37)/t18-,25-/m1/s1. The number of esters is 1. The Kier molecular flexibility index (Phi) is 8.69. The number of nitrogens with one attached hydrogen (secondary N) is 1. The van der Waals surface area contributed by atoms with Crippen LogP contribution in [0.5, 0.6) is 0 Å². The Hall–Kier alpha value is -3.43. The van der Waals surface area contributed by atoms with Crippen molar-refractivity contribution in [1.82, 2.24) is 20.0 Å². The zero-order valence-electron chi connectivity index (χ0n) is 21.7. The van der Waals surface area contributed by atoms with Crippen LogP contribution in [0.3, 0.4) is 0 Å². The first-order valence-corrected chi connectivity index (χ1v) is 13.1. The first kappa shape index (κ1) is 27.6. The maximum absolute atomic E-state index is 14.8. The lowest BCUT2D eigenvalue weighted by molar-refractivity contribution is -0.139. The van der Waals surface area contributed by atoms with Crippen LogP contribution >= 0.6 is 11.6 Å². The predicted octanol–water partition coefficient (Wildman–Crippen LogP) is 4.23. The summed E-state index contributed by atoms with van der Waals surface area (Å²) in [6.45, 7) is 7.66. The van der Waals surface area contributed by atoms with Crippen LogP contribution in [0.15, 0.2) is 59.8 Å². The van der Waals surface area contributed by atoms with Crippen molar-refractivity contribution in [3.8, 4) is 0 Å². The molecule has 2 atom stereocenters. The van der Waals surface area contributed by atoms with E-state index in [0.29, 0.717) is 42.5 Å². The number of carbonyl (C=O) groups excluding carboxylic acids is 3. The van der Waals surface area contributed by atoms with Crippen molar-refractivity contribution >= 4 is 29.5 Å². The van der Waals surface area contributed by atoms with E-state index in [1.165, 1.54) is 11.0 Å². The molecule has 202 valence electrons. The third kappa shape index (κ3) is 5.54. The number of urea groups is 1. The number of halogens is 2. The number of carbonyl (C=O) groups is 3. The van der Waals surface area contributed by atoms with Gasteiger partial charge in [0, 0.05) is 50.0 Å². The van der Waals surface area contributed by atoms with Gasteiger partial charge in [0.2, 0.25) is 0 Å². The fourth-order valence-corrected chi connectivity index (χ4v) is 5.30. The Morgan fingerprint density at radius 2 is 1.82 bits per heavy atom. The van der Waals surface area contributed by atoms with Crippen LogP contribution in [0, 0.1) is 5.82 Å². The number of likely N-dealkylation sites (N-methyl/N-ethyl adjacent to an activating group) is 1. The van der Waals surface area contributed by atoms with E-state index < -0.39 is 23.9 Å². The van der Waals surface area contributed by atoms with Gasteiger partial charge < -0.3 is 15.0 Å². The molecule has 0 aromatic heterocycles. The second-order valence-corrected chi connectivity index (χ2v) is 9.70. The average Bonchev–Trinajstić information content (AvgIpc) is 2.89. The Bertz CT molecular complexity index is 1250. The number of nitrogens with zero attached hydrogens (tertiary/aromatic N) is 3. The molecule has 0 spiro atoms. The Labute approximate surface area is 227 Å². The molecule has 1 saturated heterocycles. The summed E-state index contributed by atoms with van der Waals surface area (Å²) in [6, 6.07) is 11.5. The van der Waals surface area contributed by atoms with E-state index in [1.807, 2.05) is 13.8 Å². The Morgan fingerprint density at radius 3 is 2.47 bits per heavy atom. The molecule has 0 bridgehead atoms. The number of hydrogen-bond donors (Lipinski definition) is 1. The van der Waals surface area contributed by atoms with Gasteiger partial charge in [-0.25, -0.2) is 14.0 Å². The van der Waals surface area contributed by atoms with Crippen LogP contribution in [0.1, 0.15) is 42.7 Å². The molecule has 0 saturated carbocycles. The monoisotopic (exact) mass is 542 g/mol. The minimum Gasteiger partial charge on any atom is -0.463 e. The number of rotatable bonds is 7. The topological polar surface area (TPSA) is 82.2 Å². The van der Waals surface area contributed by atoms with E-state index in [9.17, 15) is 18.8 Å². The molecule has 2 aliphatic rings. The van der Waals surface area contributed by atoms with Gasteiger partial charge in [0.1, 0.15) is 5.82 Å². The van der Waals surface area contributed by atoms with Crippen molar-refractivity contribution in [1.29, 1.82) is 0 Å². The molecular weight excluding hydrogens is 511 g/mol. The zero-order chi connectivity index (χ0) is 27.4. The second-order valence-electron chi connectivity index (χ2n) is 9.29. The van der Waals surface area contributed by atoms with Gasteiger partial charge in [-0.05, 0) is 39.0 Å². The van der Waals surface area contributed by atoms with E-state index in [0.717, 1.165) is 0 Å². The predicted molar refractivity (Wildman–Crippen MR) is 142 cm³/mol. The molecule has 1 fully saturated rings. The molecular formula is C28H32ClFN4O4. The summed E-state index contributed by atoms with van der Waals surface area (Å²) in [6.07, 6.45) is 0. The first-order valence-electron chi connectivity index (χ1n) is 12.8. The van der Waals surface area contributed by atoms with E-state index in [4.69, 9.17) is 16.3 Å². The smallest absolute Gasteiger partial charge is 0.338 e. The van der Waals surface area contributed by atoms with Crippen molar-refractivity contribution in [3.05, 3.63) is 81.8 Å². The molecule has 0 radical (unpaired) electrons. The molecule has 1 N–H and O–H groups in total. The van der Waals surface area contributed by atoms with Gasteiger partial charge >= 0.3 is 12.0 Å². The Balaban J connectivity index is 1.64. The number of benzene rings is 2. The summed E-state index contributed by atoms with van der Waals surface area (Å²) in [5.74, 6) is -1.26. The number of hydrogen-bond acceptors (Lipinski definition) is 5. The molecule has 8 nitrogen and oxygen atoms in total. The highest BCUT2D eigenvalue weighted by atomic mass is 35.5. The van der Waals surface area contributed by atoms with Gasteiger partial charge in [0.05, 0.1) is 28.8 Å². The summed E-state index contributed by atoms with van der Waals surface area (Å²) in [5, 5.41) is 3.19. The van der Waals surface area contributed by atoms with Crippen LogP contribution in [0.4, 0.5) is 9.18 Å². The van der Waals surface area contributed by atoms with Crippen LogP contribution in [-0.2, 0) is 9.53 Å². The lowest BCUT2D eigenvalue weighted by Gasteiger charge is -2.43. The maximum atomic E-state index is 14.8. The van der Waals surface area contributed by atoms with E-state index >= 15 is 0 Å². The third-order valence-corrected chi connectivity index (χ3v) is 7.25. The molecule has 4 rings (SSSR count). The summed E-state index contributed by atoms with van der Waals surface area (Å²) in [7, 11) is 0. The fraction of sp³-hybridized carbons (Fsp3) is 0.393. The second kappa shape index (κ2) is 12.0. The Morgan fingerprint density at radius 1 is 1.11 bits per heavy atom. The van der Waals surface area contributed by atoms with Gasteiger partial charge in [-0.2, -0.15) is 0 Å². The molecule has 2 heterocycles. The van der Waals surface area contributed by atoms with Crippen molar-refractivity contribution in [2.75, 3.05) is 39.3 Å². The van der Waals surface area contributed by atoms with Crippen LogP contribution in [0.25, 0.3) is 0 Å². The zero-order valence-corrected chi connectivity index (χ0v) is 22.5. The van der Waals surface area contributed by atoms with Crippen molar-refractivity contribution in [3.63, 3.8) is 0 Å². The maximum Gasteiger partial charge on any atom is 0.338 e. The first-order chi connectivity index (χ1) is 18.3. The van der Waals surface area contributed by atoms with Crippen molar-refractivity contribution in [2.24, 2.45) is 0 Å². The highest BCUT2D eigenvalue weighted by Crippen LogP contribution is 2.33. The quantitative estimate of drug-likeness (QED) is 0.530. The van der Waals surface area contributed by atoms with Crippen LogP contribution in [-0.4, -0.2) is 78.0 Å². The summed E-state index contributed by atoms with van der Waals surface area (Å²) in [4.78, 5) is 44.9. The van der Waals surface area contributed by atoms with Crippen molar-refractivity contribution in [2.45, 2.75) is 32.9 Å². The molecule has 2 aromatic carbocycles. The molecule has 2 aromatic rings. The normalized spacial score (nSPS) is 20.4. The summed E-state index contributed by atoms with van der Waals surface area (Å²) in [5.41, 5.74) is 1.33. The van der Waals surface area contributed by atoms with E-state index in [2.05, 4.69) is 10.2 Å². The SMILES string of the molecule is CCOC(=O)C1=C(CN2CCN(C(=O)c3ccccc3Cl)[C@H](C)C2)N(CC)C(=O)N[C@@H]1c1ccccc1F. The number of ether oxygens (including phenoxy) is 1. The van der Waals surface area contributed by atoms with Crippen molar-refractivity contribution < 1.29 is 23.5 Å². The average molecular weight is 543 g/mol. The van der Waals surface area contributed by atoms with Crippen LogP contribution < -0.4 is 5.32 Å². The molecule has 3 amide bonds. The van der Waals surface area contributed by atoms with Gasteiger partial charge in [0.15, 0.2) is 0 Å². The largest absolute Gasteiger partial charge is 0.463 e. The van der Waals surface area contributed by atoms with Gasteiger partial charge in [-0.3, -0.25) is 14.6 Å². The highest BCUT2D eigenvalue weighted by Gasteiger charge is 2.40. The lowest BCUT2D eigenvalue weighted by Crippen LogP contribution is -2.56. The molecule has 10 heteroatoms. The minimum absolute atomic E-state index is 0.138. The molecule has 38 heavy (non-hydrogen) atoms. The minimum atomic E-state index is -0.985. The molecule has 0 aliphatic carbocycles. The van der Waals surface area contributed by atoms with Gasteiger partial charge in [-0.15, -0.1) is 0 Å². The molecule has 2 aliphatic heterocycles. The van der Waals surface area contributed by atoms with Crippen LogP contribution in [0.2, 0.25) is 5.02 Å². The van der Waals surface area contributed by atoms with Gasteiger partial charge in [-0.1, -0.05) is 41.9 Å². The van der Waals surface area contributed by atoms with Gasteiger partial charge in [0.25, 0.3) is 5.91 Å². The third-order valence-electron chi connectivity index (χ3n) is 6.92. The molecule has 0 unspecified atom stereocenters. The number of piperazine rings is 1. The summed E-state index contributed by atoms with van der Waals surface area (Å²) < 4.78 is 20.2.